The van der Waals surface area contributed by atoms with E-state index < -0.39 is 5.97 Å². The Morgan fingerprint density at radius 2 is 2.36 bits per heavy atom. The lowest BCUT2D eigenvalue weighted by atomic mass is 9.99. The number of carbonyl (C=O) groups is 1. The zero-order chi connectivity index (χ0) is 10.7. The number of nitriles is 1. The Hall–Kier alpha value is -1.08. The molecule has 0 aromatic rings. The van der Waals surface area contributed by atoms with Gasteiger partial charge in [0.05, 0.1) is 18.0 Å². The Bertz CT molecular complexity index is 259. The van der Waals surface area contributed by atoms with Crippen LogP contribution < -0.4 is 0 Å². The van der Waals surface area contributed by atoms with Crippen molar-refractivity contribution in [2.75, 3.05) is 13.1 Å². The number of rotatable bonds is 3. The second kappa shape index (κ2) is 4.43. The van der Waals surface area contributed by atoms with Gasteiger partial charge in [0.1, 0.15) is 0 Å². The first-order valence-electron chi connectivity index (χ1n) is 4.96. The summed E-state index contributed by atoms with van der Waals surface area (Å²) in [6.07, 6.45) is 0.759. The predicted octanol–water partition coefficient (Wildman–Crippen LogP) is 0.941. The Morgan fingerprint density at radius 1 is 1.71 bits per heavy atom. The molecule has 0 aromatic carbocycles. The van der Waals surface area contributed by atoms with E-state index in [0.29, 0.717) is 6.54 Å². The monoisotopic (exact) mass is 196 g/mol. The smallest absolute Gasteiger partial charge is 0.308 e. The van der Waals surface area contributed by atoms with Crippen LogP contribution in [0.4, 0.5) is 0 Å². The van der Waals surface area contributed by atoms with Crippen LogP contribution in [0.5, 0.6) is 0 Å². The van der Waals surface area contributed by atoms with Gasteiger partial charge in [-0.1, -0.05) is 13.8 Å². The molecular formula is C10H16N2O2. The van der Waals surface area contributed by atoms with Crippen molar-refractivity contribution < 1.29 is 9.90 Å². The molecule has 1 aliphatic heterocycles. The third-order valence-corrected chi connectivity index (χ3v) is 2.93. The van der Waals surface area contributed by atoms with E-state index in [1.807, 2.05) is 18.7 Å². The van der Waals surface area contributed by atoms with Gasteiger partial charge in [-0.2, -0.15) is 5.26 Å². The highest BCUT2D eigenvalue weighted by Crippen LogP contribution is 2.25. The molecule has 0 bridgehead atoms. The molecule has 1 N–H and O–H groups in total. The van der Waals surface area contributed by atoms with E-state index in [0.717, 1.165) is 13.0 Å². The third-order valence-electron chi connectivity index (χ3n) is 2.93. The zero-order valence-corrected chi connectivity index (χ0v) is 8.60. The van der Waals surface area contributed by atoms with E-state index in [1.165, 1.54) is 0 Å². The minimum Gasteiger partial charge on any atom is -0.481 e. The highest BCUT2D eigenvalue weighted by atomic mass is 16.4. The van der Waals surface area contributed by atoms with E-state index in [2.05, 4.69) is 6.07 Å². The normalized spacial score (nSPS) is 29.8. The summed E-state index contributed by atoms with van der Waals surface area (Å²) in [4.78, 5) is 12.8. The van der Waals surface area contributed by atoms with E-state index in [4.69, 9.17) is 10.4 Å². The average Bonchev–Trinajstić information content (AvgIpc) is 2.50. The van der Waals surface area contributed by atoms with Crippen LogP contribution in [0.25, 0.3) is 0 Å². The highest BCUT2D eigenvalue weighted by Gasteiger charge is 2.37. The summed E-state index contributed by atoms with van der Waals surface area (Å²) in [5.41, 5.74) is 0. The largest absolute Gasteiger partial charge is 0.481 e. The van der Waals surface area contributed by atoms with Gasteiger partial charge in [0.2, 0.25) is 0 Å². The summed E-state index contributed by atoms with van der Waals surface area (Å²) in [6.45, 7) is 5.13. The van der Waals surface area contributed by atoms with Crippen molar-refractivity contribution in [3.63, 3.8) is 0 Å². The van der Waals surface area contributed by atoms with Gasteiger partial charge in [-0.25, -0.2) is 0 Å². The number of carboxylic acid groups (broad SMARTS) is 1. The van der Waals surface area contributed by atoms with Crippen LogP contribution in [0, 0.1) is 23.2 Å². The molecule has 1 heterocycles. The van der Waals surface area contributed by atoms with Crippen LogP contribution in [-0.2, 0) is 4.79 Å². The summed E-state index contributed by atoms with van der Waals surface area (Å²) in [5.74, 6) is -0.903. The van der Waals surface area contributed by atoms with Crippen molar-refractivity contribution in [1.29, 1.82) is 5.26 Å². The van der Waals surface area contributed by atoms with Crippen molar-refractivity contribution >= 4 is 5.97 Å². The van der Waals surface area contributed by atoms with Gasteiger partial charge in [-0.3, -0.25) is 9.69 Å². The van der Waals surface area contributed by atoms with Crippen LogP contribution in [0.15, 0.2) is 0 Å². The topological polar surface area (TPSA) is 64.3 Å². The third kappa shape index (κ3) is 2.05. The van der Waals surface area contributed by atoms with E-state index >= 15 is 0 Å². The van der Waals surface area contributed by atoms with Gasteiger partial charge in [0.25, 0.3) is 0 Å². The van der Waals surface area contributed by atoms with Gasteiger partial charge in [0, 0.05) is 13.1 Å². The molecule has 0 radical (unpaired) electrons. The average molecular weight is 196 g/mol. The first-order valence-corrected chi connectivity index (χ1v) is 4.96. The number of likely N-dealkylation sites (tertiary alicyclic amines) is 1. The van der Waals surface area contributed by atoms with Crippen molar-refractivity contribution in [2.24, 2.45) is 11.8 Å². The summed E-state index contributed by atoms with van der Waals surface area (Å²) < 4.78 is 0. The second-order valence-corrected chi connectivity index (χ2v) is 3.93. The molecule has 4 nitrogen and oxygen atoms in total. The lowest BCUT2D eigenvalue weighted by molar-refractivity contribution is -0.142. The number of nitrogens with zero attached hydrogens (tertiary/aromatic N) is 2. The molecule has 78 valence electrons. The second-order valence-electron chi connectivity index (χ2n) is 3.93. The summed E-state index contributed by atoms with van der Waals surface area (Å²) in [5, 5.41) is 17.8. The fourth-order valence-corrected chi connectivity index (χ4v) is 2.01. The molecule has 0 amide bonds. The van der Waals surface area contributed by atoms with Crippen molar-refractivity contribution in [3.8, 4) is 6.07 Å². The maximum Gasteiger partial charge on any atom is 0.308 e. The molecule has 1 unspecified atom stereocenters. The first-order chi connectivity index (χ1) is 6.60. The first kappa shape index (κ1) is 11.0. The lowest BCUT2D eigenvalue weighted by Gasteiger charge is -2.19. The molecule has 1 aliphatic rings. The van der Waals surface area contributed by atoms with Gasteiger partial charge < -0.3 is 5.11 Å². The van der Waals surface area contributed by atoms with Crippen LogP contribution in [0.2, 0.25) is 0 Å². The maximum atomic E-state index is 10.8. The van der Waals surface area contributed by atoms with E-state index in [-0.39, 0.29) is 17.9 Å². The van der Waals surface area contributed by atoms with Gasteiger partial charge in [-0.05, 0) is 12.3 Å². The Morgan fingerprint density at radius 3 is 2.71 bits per heavy atom. The number of aliphatic carboxylic acids is 1. The maximum absolute atomic E-state index is 10.8. The van der Waals surface area contributed by atoms with Crippen LogP contribution >= 0.6 is 0 Å². The minimum atomic E-state index is -0.743. The van der Waals surface area contributed by atoms with Crippen molar-refractivity contribution in [2.45, 2.75) is 26.3 Å². The van der Waals surface area contributed by atoms with Crippen LogP contribution in [0.1, 0.15) is 20.3 Å². The van der Waals surface area contributed by atoms with E-state index in [1.54, 1.807) is 0 Å². The van der Waals surface area contributed by atoms with E-state index in [9.17, 15) is 4.79 Å². The van der Waals surface area contributed by atoms with Gasteiger partial charge >= 0.3 is 5.97 Å². The zero-order valence-electron chi connectivity index (χ0n) is 8.60. The Kier molecular flexibility index (Phi) is 3.48. The molecule has 0 aromatic heterocycles. The summed E-state index contributed by atoms with van der Waals surface area (Å²) in [6, 6.07) is 2.08. The standard InChI is InChI=1S/C10H16N2O2/c1-3-8(4-11)12-5-7(2)9(6-12)10(13)14/h7-9H,3,5-6H2,1-2H3,(H,13,14)/t7-,8?,9-/m1/s1. The fraction of sp³-hybridized carbons (Fsp3) is 0.800. The van der Waals surface area contributed by atoms with Crippen molar-refractivity contribution in [1.82, 2.24) is 4.90 Å². The highest BCUT2D eigenvalue weighted by molar-refractivity contribution is 5.71. The summed E-state index contributed by atoms with van der Waals surface area (Å²) in [7, 11) is 0. The number of hydrogen-bond acceptors (Lipinski definition) is 3. The SMILES string of the molecule is CCC(C#N)N1C[C@@H](C)[C@H](C(=O)O)C1. The molecule has 1 rings (SSSR count). The van der Waals surface area contributed by atoms with Gasteiger partial charge in [0.15, 0.2) is 0 Å². The molecule has 1 saturated heterocycles. The minimum absolute atomic E-state index is 0.123. The number of carboxylic acids is 1. The van der Waals surface area contributed by atoms with Crippen LogP contribution in [-0.4, -0.2) is 35.1 Å². The molecule has 3 atom stereocenters. The molecule has 4 heteroatoms. The molecule has 0 saturated carbocycles. The molecular weight excluding hydrogens is 180 g/mol. The molecule has 14 heavy (non-hydrogen) atoms. The predicted molar refractivity (Wildman–Crippen MR) is 51.6 cm³/mol. The summed E-state index contributed by atoms with van der Waals surface area (Å²) >= 11 is 0. The van der Waals surface area contributed by atoms with Crippen molar-refractivity contribution in [3.05, 3.63) is 0 Å². The quantitative estimate of drug-likeness (QED) is 0.729. The Labute approximate surface area is 84.1 Å². The molecule has 1 fully saturated rings. The Balaban J connectivity index is 2.63. The number of hydrogen-bond donors (Lipinski definition) is 1. The molecule has 0 spiro atoms. The fourth-order valence-electron chi connectivity index (χ4n) is 2.01. The van der Waals surface area contributed by atoms with Gasteiger partial charge in [-0.15, -0.1) is 0 Å². The molecule has 0 aliphatic carbocycles. The van der Waals surface area contributed by atoms with Crippen LogP contribution in [0.3, 0.4) is 0 Å². The lowest BCUT2D eigenvalue weighted by Crippen LogP contribution is -2.32.